The number of likely N-dealkylation sites (tertiary alicyclic amines) is 2. The summed E-state index contributed by atoms with van der Waals surface area (Å²) in [6.07, 6.45) is 9.77. The molecule has 0 radical (unpaired) electrons. The summed E-state index contributed by atoms with van der Waals surface area (Å²) < 4.78 is 0. The fourth-order valence-electron chi connectivity index (χ4n) is 4.35. The molecule has 0 aromatic heterocycles. The lowest BCUT2D eigenvalue weighted by atomic mass is 9.83. The third kappa shape index (κ3) is 3.55. The maximum absolute atomic E-state index is 3.77. The predicted molar refractivity (Wildman–Crippen MR) is 85.1 cm³/mol. The van der Waals surface area contributed by atoms with Crippen LogP contribution in [0.1, 0.15) is 51.9 Å². The van der Waals surface area contributed by atoms with Crippen LogP contribution < -0.4 is 5.32 Å². The second-order valence-electron chi connectivity index (χ2n) is 7.36. The smallest absolute Gasteiger partial charge is 0.0220 e. The second kappa shape index (κ2) is 6.76. The summed E-state index contributed by atoms with van der Waals surface area (Å²) >= 11 is 0. The van der Waals surface area contributed by atoms with Gasteiger partial charge in [-0.2, -0.15) is 0 Å². The molecule has 2 saturated heterocycles. The molecule has 1 N–H and O–H groups in total. The Balaban J connectivity index is 1.54. The molecule has 1 aliphatic carbocycles. The lowest BCUT2D eigenvalue weighted by Crippen LogP contribution is -2.56. The molecular formula is C17H33N3. The van der Waals surface area contributed by atoms with Crippen molar-refractivity contribution in [2.75, 3.05) is 33.2 Å². The van der Waals surface area contributed by atoms with Gasteiger partial charge in [0.25, 0.3) is 0 Å². The number of fused-ring (bicyclic) bond motifs is 1. The fourth-order valence-corrected chi connectivity index (χ4v) is 4.35. The topological polar surface area (TPSA) is 18.5 Å². The van der Waals surface area contributed by atoms with Gasteiger partial charge in [0, 0.05) is 31.2 Å². The molecular weight excluding hydrogens is 246 g/mol. The molecule has 0 amide bonds. The van der Waals surface area contributed by atoms with Crippen LogP contribution in [-0.4, -0.2) is 61.2 Å². The monoisotopic (exact) mass is 279 g/mol. The molecule has 0 aromatic carbocycles. The van der Waals surface area contributed by atoms with Crippen LogP contribution in [0, 0.1) is 5.92 Å². The summed E-state index contributed by atoms with van der Waals surface area (Å²) in [6.45, 7) is 7.56. The summed E-state index contributed by atoms with van der Waals surface area (Å²) in [4.78, 5) is 5.45. The third-order valence-electron chi connectivity index (χ3n) is 5.73. The SMILES string of the molecule is CCCC(CNC1CC1)N1CCC2C(CCCN2C)C1. The first kappa shape index (κ1) is 14.8. The van der Waals surface area contributed by atoms with Crippen molar-refractivity contribution in [2.24, 2.45) is 5.92 Å². The van der Waals surface area contributed by atoms with Crippen LogP contribution in [0.5, 0.6) is 0 Å². The first-order valence-electron chi connectivity index (χ1n) is 8.95. The van der Waals surface area contributed by atoms with Crippen LogP contribution in [-0.2, 0) is 0 Å². The minimum absolute atomic E-state index is 0.786. The van der Waals surface area contributed by atoms with E-state index < -0.39 is 0 Å². The first-order chi connectivity index (χ1) is 9.78. The molecule has 3 nitrogen and oxygen atoms in total. The molecule has 2 heterocycles. The Morgan fingerprint density at radius 2 is 2.00 bits per heavy atom. The van der Waals surface area contributed by atoms with Crippen molar-refractivity contribution in [3.05, 3.63) is 0 Å². The van der Waals surface area contributed by atoms with Crippen LogP contribution in [0.15, 0.2) is 0 Å². The maximum Gasteiger partial charge on any atom is 0.0220 e. The zero-order valence-corrected chi connectivity index (χ0v) is 13.5. The van der Waals surface area contributed by atoms with Crippen molar-refractivity contribution < 1.29 is 0 Å². The molecule has 3 unspecified atom stereocenters. The largest absolute Gasteiger partial charge is 0.312 e. The van der Waals surface area contributed by atoms with E-state index in [-0.39, 0.29) is 0 Å². The van der Waals surface area contributed by atoms with Crippen LogP contribution in [0.3, 0.4) is 0 Å². The van der Waals surface area contributed by atoms with E-state index in [1.165, 1.54) is 71.1 Å². The Bertz CT molecular complexity index is 303. The third-order valence-corrected chi connectivity index (χ3v) is 5.73. The Hall–Kier alpha value is -0.120. The highest BCUT2D eigenvalue weighted by Gasteiger charge is 2.36. The van der Waals surface area contributed by atoms with Gasteiger partial charge in [-0.15, -0.1) is 0 Å². The first-order valence-corrected chi connectivity index (χ1v) is 8.95. The summed E-state index contributed by atoms with van der Waals surface area (Å²) in [5, 5.41) is 3.77. The van der Waals surface area contributed by atoms with Gasteiger partial charge >= 0.3 is 0 Å². The molecule has 3 rings (SSSR count). The Morgan fingerprint density at radius 3 is 2.75 bits per heavy atom. The van der Waals surface area contributed by atoms with E-state index in [2.05, 4.69) is 29.1 Å². The Labute approximate surface area is 125 Å². The highest BCUT2D eigenvalue weighted by Crippen LogP contribution is 2.31. The average Bonchev–Trinajstić information content (AvgIpc) is 3.27. The number of hydrogen-bond donors (Lipinski definition) is 1. The van der Waals surface area contributed by atoms with Crippen molar-refractivity contribution in [2.45, 2.75) is 70.0 Å². The predicted octanol–water partition coefficient (Wildman–Crippen LogP) is 2.32. The van der Waals surface area contributed by atoms with Gasteiger partial charge in [0.05, 0.1) is 0 Å². The highest BCUT2D eigenvalue weighted by atomic mass is 15.2. The van der Waals surface area contributed by atoms with Crippen LogP contribution in [0.2, 0.25) is 0 Å². The summed E-state index contributed by atoms with van der Waals surface area (Å²) in [5.41, 5.74) is 0. The van der Waals surface area contributed by atoms with Crippen molar-refractivity contribution in [1.29, 1.82) is 0 Å². The molecule has 3 fully saturated rings. The number of piperidine rings is 2. The zero-order chi connectivity index (χ0) is 13.9. The van der Waals surface area contributed by atoms with E-state index in [0.717, 1.165) is 24.0 Å². The van der Waals surface area contributed by atoms with Gasteiger partial charge in [-0.05, 0) is 64.6 Å². The number of hydrogen-bond acceptors (Lipinski definition) is 3. The van der Waals surface area contributed by atoms with E-state index in [9.17, 15) is 0 Å². The van der Waals surface area contributed by atoms with E-state index in [0.29, 0.717) is 0 Å². The molecule has 3 atom stereocenters. The van der Waals surface area contributed by atoms with Crippen molar-refractivity contribution >= 4 is 0 Å². The molecule has 0 bridgehead atoms. The zero-order valence-electron chi connectivity index (χ0n) is 13.5. The number of nitrogens with zero attached hydrogens (tertiary/aromatic N) is 2. The van der Waals surface area contributed by atoms with E-state index in [1.54, 1.807) is 0 Å². The molecule has 0 spiro atoms. The summed E-state index contributed by atoms with van der Waals surface area (Å²) in [5.74, 6) is 0.933. The van der Waals surface area contributed by atoms with Gasteiger partial charge in [-0.25, -0.2) is 0 Å². The van der Waals surface area contributed by atoms with Gasteiger partial charge < -0.3 is 10.2 Å². The van der Waals surface area contributed by atoms with Crippen molar-refractivity contribution in [3.8, 4) is 0 Å². The van der Waals surface area contributed by atoms with E-state index in [1.807, 2.05) is 0 Å². The quantitative estimate of drug-likeness (QED) is 0.805. The number of nitrogens with one attached hydrogen (secondary N) is 1. The van der Waals surface area contributed by atoms with Crippen molar-refractivity contribution in [3.63, 3.8) is 0 Å². The molecule has 3 heteroatoms. The maximum atomic E-state index is 3.77. The minimum Gasteiger partial charge on any atom is -0.312 e. The van der Waals surface area contributed by atoms with Gasteiger partial charge in [0.1, 0.15) is 0 Å². The molecule has 20 heavy (non-hydrogen) atoms. The molecule has 0 aromatic rings. The summed E-state index contributed by atoms with van der Waals surface area (Å²) in [6, 6.07) is 2.51. The van der Waals surface area contributed by atoms with Crippen LogP contribution in [0.25, 0.3) is 0 Å². The van der Waals surface area contributed by atoms with Gasteiger partial charge in [-0.3, -0.25) is 4.90 Å². The van der Waals surface area contributed by atoms with E-state index >= 15 is 0 Å². The normalized spacial score (nSPS) is 33.9. The van der Waals surface area contributed by atoms with Gasteiger partial charge in [-0.1, -0.05) is 13.3 Å². The fraction of sp³-hybridized carbons (Fsp3) is 1.00. The van der Waals surface area contributed by atoms with Crippen molar-refractivity contribution in [1.82, 2.24) is 15.1 Å². The average molecular weight is 279 g/mol. The molecule has 116 valence electrons. The second-order valence-corrected chi connectivity index (χ2v) is 7.36. The molecule has 3 aliphatic rings. The Kier molecular flexibility index (Phi) is 5.00. The minimum atomic E-state index is 0.786. The standard InChI is InChI=1S/C17H33N3/c1-3-5-16(12-18-15-7-8-15)20-11-9-17-14(13-20)6-4-10-19(17)2/h14-18H,3-13H2,1-2H3. The van der Waals surface area contributed by atoms with Crippen LogP contribution in [0.4, 0.5) is 0 Å². The van der Waals surface area contributed by atoms with Crippen LogP contribution >= 0.6 is 0 Å². The lowest BCUT2D eigenvalue weighted by Gasteiger charge is -2.48. The van der Waals surface area contributed by atoms with Gasteiger partial charge in [0.2, 0.25) is 0 Å². The highest BCUT2D eigenvalue weighted by molar-refractivity contribution is 4.92. The summed E-state index contributed by atoms with van der Waals surface area (Å²) in [7, 11) is 2.34. The number of rotatable bonds is 6. The molecule has 2 aliphatic heterocycles. The molecule has 1 saturated carbocycles. The Morgan fingerprint density at radius 1 is 1.15 bits per heavy atom. The lowest BCUT2D eigenvalue weighted by molar-refractivity contribution is 0.0182. The van der Waals surface area contributed by atoms with Gasteiger partial charge in [0.15, 0.2) is 0 Å². The van der Waals surface area contributed by atoms with E-state index in [4.69, 9.17) is 0 Å².